The second kappa shape index (κ2) is 15.0. The number of aliphatic hydroxyl groups is 1. The normalized spacial score (nSPS) is 14.7. The van der Waals surface area contributed by atoms with E-state index in [2.05, 4.69) is 27.9 Å². The molecule has 3 rings (SSSR count). The lowest BCUT2D eigenvalue weighted by Gasteiger charge is -2.40. The number of nitrogens with zero attached hydrogens (tertiary/aromatic N) is 1. The van der Waals surface area contributed by atoms with Crippen molar-refractivity contribution in [1.82, 2.24) is 20.3 Å². The van der Waals surface area contributed by atoms with Crippen molar-refractivity contribution in [2.45, 2.75) is 69.0 Å². The highest BCUT2D eigenvalue weighted by Gasteiger charge is 2.43. The SMILES string of the molecule is CC(C)CN(C(O)(CCNC(=O)CCC#CNC(=O)CNC1CC1)Cc1ccccc1)S(=O)(=O)c1ccccc1. The third kappa shape index (κ3) is 10.1. The standard InChI is InChI=1S/C30H40N4O5S/c1-24(2)23-34(40(38,39)27-13-7-4-8-14-27)30(37,21-25-11-5-3-6-12-25)18-20-32-28(35)15-9-10-19-31-29(36)22-33-26-16-17-26/h3-8,11-14,24,26,33,37H,9,15-18,20-23H2,1-2H3,(H,31,36)(H,32,35). The average Bonchev–Trinajstić information content (AvgIpc) is 3.76. The summed E-state index contributed by atoms with van der Waals surface area (Å²) in [5, 5.41) is 20.4. The molecule has 0 saturated heterocycles. The number of hydrogen-bond donors (Lipinski definition) is 4. The van der Waals surface area contributed by atoms with Gasteiger partial charge >= 0.3 is 0 Å². The Morgan fingerprint density at radius 3 is 2.33 bits per heavy atom. The lowest BCUT2D eigenvalue weighted by atomic mass is 9.98. The first-order valence-electron chi connectivity index (χ1n) is 13.7. The van der Waals surface area contributed by atoms with Crippen LogP contribution in [0.2, 0.25) is 0 Å². The lowest BCUT2D eigenvalue weighted by Crippen LogP contribution is -2.55. The molecule has 0 aromatic heterocycles. The summed E-state index contributed by atoms with van der Waals surface area (Å²) in [6.07, 6.45) is 2.59. The zero-order chi connectivity index (χ0) is 29.0. The molecule has 216 valence electrons. The Hall–Kier alpha value is -3.23. The van der Waals surface area contributed by atoms with Crippen molar-refractivity contribution in [3.05, 3.63) is 66.2 Å². The van der Waals surface area contributed by atoms with E-state index in [9.17, 15) is 23.1 Å². The first-order valence-corrected chi connectivity index (χ1v) is 15.1. The first-order chi connectivity index (χ1) is 19.1. The molecule has 1 saturated carbocycles. The first kappa shape index (κ1) is 31.3. The fraction of sp³-hybridized carbons (Fsp3) is 0.467. The highest BCUT2D eigenvalue weighted by atomic mass is 32.2. The predicted molar refractivity (Wildman–Crippen MR) is 154 cm³/mol. The Bertz CT molecular complexity index is 1270. The van der Waals surface area contributed by atoms with Gasteiger partial charge in [-0.15, -0.1) is 0 Å². The Labute approximate surface area is 237 Å². The van der Waals surface area contributed by atoms with E-state index >= 15 is 0 Å². The van der Waals surface area contributed by atoms with Crippen molar-refractivity contribution >= 4 is 21.8 Å². The van der Waals surface area contributed by atoms with E-state index in [0.717, 1.165) is 18.4 Å². The molecule has 1 unspecified atom stereocenters. The maximum atomic E-state index is 13.8. The van der Waals surface area contributed by atoms with Crippen molar-refractivity contribution in [1.29, 1.82) is 0 Å². The monoisotopic (exact) mass is 568 g/mol. The molecule has 0 spiro atoms. The van der Waals surface area contributed by atoms with E-state index in [0.29, 0.717) is 6.04 Å². The molecule has 1 fully saturated rings. The summed E-state index contributed by atoms with van der Waals surface area (Å²) >= 11 is 0. The molecule has 0 heterocycles. The molecule has 0 radical (unpaired) electrons. The Morgan fingerprint density at radius 1 is 1.05 bits per heavy atom. The molecule has 10 heteroatoms. The number of amides is 2. The Morgan fingerprint density at radius 2 is 1.70 bits per heavy atom. The van der Waals surface area contributed by atoms with Crippen LogP contribution in [-0.4, -0.2) is 61.0 Å². The number of nitrogens with one attached hydrogen (secondary N) is 3. The van der Waals surface area contributed by atoms with Gasteiger partial charge < -0.3 is 15.7 Å². The molecule has 0 aliphatic heterocycles. The molecular weight excluding hydrogens is 528 g/mol. The molecule has 40 heavy (non-hydrogen) atoms. The predicted octanol–water partition coefficient (Wildman–Crippen LogP) is 2.38. The number of hydrogen-bond acceptors (Lipinski definition) is 6. The summed E-state index contributed by atoms with van der Waals surface area (Å²) in [5.74, 6) is 2.22. The van der Waals surface area contributed by atoms with Crippen molar-refractivity contribution in [2.24, 2.45) is 5.92 Å². The van der Waals surface area contributed by atoms with E-state index in [1.54, 1.807) is 18.2 Å². The van der Waals surface area contributed by atoms with E-state index in [4.69, 9.17) is 0 Å². The van der Waals surface area contributed by atoms with Crippen molar-refractivity contribution < 1.29 is 23.1 Å². The maximum Gasteiger partial charge on any atom is 0.245 e. The molecule has 1 aliphatic rings. The number of benzene rings is 2. The fourth-order valence-electron chi connectivity index (χ4n) is 4.18. The quantitative estimate of drug-likeness (QED) is 0.148. The second-order valence-corrected chi connectivity index (χ2v) is 12.4. The van der Waals surface area contributed by atoms with Gasteiger partial charge in [-0.25, -0.2) is 8.42 Å². The van der Waals surface area contributed by atoms with Gasteiger partial charge in [0.1, 0.15) is 5.72 Å². The highest BCUT2D eigenvalue weighted by Crippen LogP contribution is 2.30. The van der Waals surface area contributed by atoms with Gasteiger partial charge in [0.25, 0.3) is 0 Å². The molecule has 2 aromatic rings. The summed E-state index contributed by atoms with van der Waals surface area (Å²) in [5.41, 5.74) is -1.01. The smallest absolute Gasteiger partial charge is 0.245 e. The third-order valence-electron chi connectivity index (χ3n) is 6.40. The van der Waals surface area contributed by atoms with Crippen LogP contribution >= 0.6 is 0 Å². The lowest BCUT2D eigenvalue weighted by molar-refractivity contribution is -0.121. The van der Waals surface area contributed by atoms with Crippen molar-refractivity contribution in [3.63, 3.8) is 0 Å². The Balaban J connectivity index is 1.64. The van der Waals surface area contributed by atoms with Crippen LogP contribution in [0.15, 0.2) is 65.6 Å². The number of carbonyl (C=O) groups excluding carboxylic acids is 2. The van der Waals surface area contributed by atoms with Gasteiger partial charge in [0.2, 0.25) is 21.8 Å². The van der Waals surface area contributed by atoms with Crippen molar-refractivity contribution in [2.75, 3.05) is 19.6 Å². The van der Waals surface area contributed by atoms with Crippen LogP contribution in [-0.2, 0) is 26.0 Å². The van der Waals surface area contributed by atoms with Crippen LogP contribution in [0.1, 0.15) is 51.5 Å². The van der Waals surface area contributed by atoms with Crippen molar-refractivity contribution in [3.8, 4) is 12.0 Å². The van der Waals surface area contributed by atoms with Crippen LogP contribution in [0.4, 0.5) is 0 Å². The second-order valence-electron chi connectivity index (χ2n) is 10.5. The van der Waals surface area contributed by atoms with Gasteiger partial charge in [0, 0.05) is 50.9 Å². The molecule has 4 N–H and O–H groups in total. The van der Waals surface area contributed by atoms with Crippen LogP contribution in [0, 0.1) is 17.9 Å². The van der Waals surface area contributed by atoms with Gasteiger partial charge in [-0.2, -0.15) is 4.31 Å². The van der Waals surface area contributed by atoms with Crippen LogP contribution in [0.3, 0.4) is 0 Å². The molecule has 2 amide bonds. The average molecular weight is 569 g/mol. The summed E-state index contributed by atoms with van der Waals surface area (Å²) < 4.78 is 28.7. The van der Waals surface area contributed by atoms with Crippen LogP contribution < -0.4 is 16.0 Å². The summed E-state index contributed by atoms with van der Waals surface area (Å²) in [4.78, 5) is 24.2. The zero-order valence-corrected chi connectivity index (χ0v) is 24.0. The minimum absolute atomic E-state index is 0.0118. The third-order valence-corrected chi connectivity index (χ3v) is 8.34. The van der Waals surface area contributed by atoms with E-state index in [-0.39, 0.29) is 67.9 Å². The maximum absolute atomic E-state index is 13.8. The van der Waals surface area contributed by atoms with Gasteiger partial charge in [0.15, 0.2) is 0 Å². The minimum atomic E-state index is -4.04. The molecule has 0 bridgehead atoms. The Kier molecular flexibility index (Phi) is 11.7. The summed E-state index contributed by atoms with van der Waals surface area (Å²) in [6.45, 7) is 4.18. The molecule has 2 aromatic carbocycles. The number of carbonyl (C=O) groups is 2. The largest absolute Gasteiger partial charge is 0.374 e. The zero-order valence-electron chi connectivity index (χ0n) is 23.2. The number of rotatable bonds is 15. The van der Waals surface area contributed by atoms with Gasteiger partial charge in [-0.1, -0.05) is 68.3 Å². The van der Waals surface area contributed by atoms with Crippen LogP contribution in [0.25, 0.3) is 0 Å². The van der Waals surface area contributed by atoms with E-state index in [1.165, 1.54) is 16.4 Å². The number of sulfonamides is 1. The molecule has 1 atom stereocenters. The minimum Gasteiger partial charge on any atom is -0.374 e. The van der Waals surface area contributed by atoms with Gasteiger partial charge in [-0.3, -0.25) is 14.9 Å². The van der Waals surface area contributed by atoms with Crippen LogP contribution in [0.5, 0.6) is 0 Å². The van der Waals surface area contributed by atoms with Gasteiger partial charge in [0.05, 0.1) is 11.4 Å². The topological polar surface area (TPSA) is 128 Å². The fourth-order valence-corrected chi connectivity index (χ4v) is 6.03. The molecule has 1 aliphatic carbocycles. The summed E-state index contributed by atoms with van der Waals surface area (Å²) in [6, 6.07) is 20.3. The molecule has 9 nitrogen and oxygen atoms in total. The van der Waals surface area contributed by atoms with E-state index < -0.39 is 15.7 Å². The van der Waals surface area contributed by atoms with E-state index in [1.807, 2.05) is 44.2 Å². The van der Waals surface area contributed by atoms with Gasteiger partial charge in [-0.05, 0) is 36.5 Å². The highest BCUT2D eigenvalue weighted by molar-refractivity contribution is 7.89. The molecular formula is C30H40N4O5S. The summed E-state index contributed by atoms with van der Waals surface area (Å²) in [7, 11) is -4.04.